The summed E-state index contributed by atoms with van der Waals surface area (Å²) in [6.45, 7) is 6.03. The molecule has 0 aliphatic rings. The molecular formula is C29H56N6O8. The lowest BCUT2D eigenvalue weighted by atomic mass is 10.1. The van der Waals surface area contributed by atoms with Gasteiger partial charge >= 0.3 is 0 Å². The predicted octanol–water partition coefficient (Wildman–Crippen LogP) is 1.92. The Morgan fingerprint density at radius 1 is 0.791 bits per heavy atom. The van der Waals surface area contributed by atoms with E-state index in [4.69, 9.17) is 5.21 Å². The van der Waals surface area contributed by atoms with Gasteiger partial charge in [-0.2, -0.15) is 5.06 Å². The first-order chi connectivity index (χ1) is 20.6. The van der Waals surface area contributed by atoms with Crippen LogP contribution in [0.15, 0.2) is 12.2 Å². The predicted molar refractivity (Wildman–Crippen MR) is 161 cm³/mol. The smallest absolute Gasteiger partial charge is 0.246 e. The van der Waals surface area contributed by atoms with E-state index >= 15 is 0 Å². The number of nitrogens with one attached hydrogen (secondary N) is 3. The number of carbonyl (C=O) groups excluding carboxylic acids is 4. The Morgan fingerprint density at radius 2 is 1.49 bits per heavy atom. The average molecular weight is 617 g/mol. The summed E-state index contributed by atoms with van der Waals surface area (Å²) in [6, 6.07) is 0.108. The molecular weight excluding hydrogens is 560 g/mol. The van der Waals surface area contributed by atoms with Crippen LogP contribution >= 0.6 is 0 Å². The maximum absolute atomic E-state index is 12.0. The van der Waals surface area contributed by atoms with Gasteiger partial charge in [-0.25, -0.2) is 10.1 Å². The Morgan fingerprint density at radius 3 is 2.21 bits per heavy atom. The van der Waals surface area contributed by atoms with Crippen LogP contribution in [0.4, 0.5) is 0 Å². The van der Waals surface area contributed by atoms with E-state index in [9.17, 15) is 34.7 Å². The van der Waals surface area contributed by atoms with E-state index in [1.807, 2.05) is 13.0 Å². The lowest BCUT2D eigenvalue weighted by molar-refractivity contribution is -0.166. The van der Waals surface area contributed by atoms with Crippen LogP contribution in [0.5, 0.6) is 0 Å². The molecule has 0 aliphatic heterocycles. The first-order valence-electron chi connectivity index (χ1n) is 15.5. The van der Waals surface area contributed by atoms with Crippen molar-refractivity contribution in [1.29, 1.82) is 0 Å². The summed E-state index contributed by atoms with van der Waals surface area (Å²) in [7, 11) is 0. The highest BCUT2D eigenvalue weighted by Crippen LogP contribution is 2.06. The van der Waals surface area contributed by atoms with E-state index in [0.29, 0.717) is 81.4 Å². The van der Waals surface area contributed by atoms with Crippen molar-refractivity contribution in [2.24, 2.45) is 0 Å². The third-order valence-electron chi connectivity index (χ3n) is 6.70. The SMILES string of the molecule is CCC(=O)NCCCCCN(O)C(=O)CCC(=O)NC/C=C/CCN(O)CCCCC(O)NC(C)CCCCN(O)C=O. The maximum atomic E-state index is 12.0. The highest BCUT2D eigenvalue weighted by molar-refractivity contribution is 5.83. The quantitative estimate of drug-likeness (QED) is 0.0170. The van der Waals surface area contributed by atoms with Crippen molar-refractivity contribution in [3.63, 3.8) is 0 Å². The van der Waals surface area contributed by atoms with E-state index in [0.717, 1.165) is 38.5 Å². The van der Waals surface area contributed by atoms with Gasteiger partial charge in [-0.05, 0) is 64.7 Å². The van der Waals surface area contributed by atoms with Crippen molar-refractivity contribution >= 4 is 24.1 Å². The summed E-state index contributed by atoms with van der Waals surface area (Å²) in [6.07, 6.45) is 10.8. The van der Waals surface area contributed by atoms with Crippen LogP contribution in [0, 0.1) is 0 Å². The van der Waals surface area contributed by atoms with Crippen LogP contribution in [0.3, 0.4) is 0 Å². The molecule has 250 valence electrons. The van der Waals surface area contributed by atoms with Gasteiger partial charge in [0.25, 0.3) is 0 Å². The number of hydroxylamine groups is 6. The van der Waals surface area contributed by atoms with Crippen LogP contribution in [0.25, 0.3) is 0 Å². The molecule has 0 aromatic rings. The van der Waals surface area contributed by atoms with Crippen LogP contribution in [0.2, 0.25) is 0 Å². The second-order valence-electron chi connectivity index (χ2n) is 10.6. The van der Waals surface area contributed by atoms with Gasteiger partial charge in [0.15, 0.2) is 0 Å². The van der Waals surface area contributed by atoms with Gasteiger partial charge in [-0.1, -0.05) is 25.5 Å². The minimum atomic E-state index is -0.631. The van der Waals surface area contributed by atoms with E-state index in [-0.39, 0.29) is 37.2 Å². The summed E-state index contributed by atoms with van der Waals surface area (Å²) < 4.78 is 0. The highest BCUT2D eigenvalue weighted by atomic mass is 16.5. The van der Waals surface area contributed by atoms with Crippen molar-refractivity contribution in [2.45, 2.75) is 110 Å². The zero-order valence-electron chi connectivity index (χ0n) is 26.1. The number of rotatable bonds is 28. The van der Waals surface area contributed by atoms with Crippen molar-refractivity contribution in [3.05, 3.63) is 12.2 Å². The number of unbranched alkanes of at least 4 members (excludes halogenated alkanes) is 4. The van der Waals surface area contributed by atoms with Crippen LogP contribution in [-0.4, -0.2) is 112 Å². The van der Waals surface area contributed by atoms with E-state index in [1.54, 1.807) is 13.0 Å². The normalized spacial score (nSPS) is 12.7. The number of aliphatic hydroxyl groups excluding tert-OH is 1. The zero-order chi connectivity index (χ0) is 32.3. The first-order valence-corrected chi connectivity index (χ1v) is 15.5. The molecule has 4 amide bonds. The molecule has 0 fully saturated rings. The molecule has 0 aliphatic carbocycles. The van der Waals surface area contributed by atoms with Crippen molar-refractivity contribution in [1.82, 2.24) is 31.1 Å². The third-order valence-corrected chi connectivity index (χ3v) is 6.70. The third kappa shape index (κ3) is 25.6. The molecule has 43 heavy (non-hydrogen) atoms. The second-order valence-corrected chi connectivity index (χ2v) is 10.6. The van der Waals surface area contributed by atoms with Gasteiger partial charge < -0.3 is 20.9 Å². The van der Waals surface area contributed by atoms with Crippen molar-refractivity contribution in [3.8, 4) is 0 Å². The van der Waals surface area contributed by atoms with Crippen LogP contribution in [-0.2, 0) is 19.2 Å². The van der Waals surface area contributed by atoms with Crippen molar-refractivity contribution in [2.75, 3.05) is 39.3 Å². The summed E-state index contributed by atoms with van der Waals surface area (Å²) in [5.41, 5.74) is 0. The molecule has 0 aromatic heterocycles. The molecule has 0 spiro atoms. The summed E-state index contributed by atoms with van der Waals surface area (Å²) in [5, 5.41) is 50.1. The lowest BCUT2D eigenvalue weighted by Crippen LogP contribution is -2.36. The molecule has 0 saturated carbocycles. The average Bonchev–Trinajstić information content (AvgIpc) is 2.99. The monoisotopic (exact) mass is 616 g/mol. The largest absolute Gasteiger partial charge is 0.379 e. The zero-order valence-corrected chi connectivity index (χ0v) is 26.1. The Balaban J connectivity index is 3.76. The van der Waals surface area contributed by atoms with Gasteiger partial charge in [0.1, 0.15) is 6.23 Å². The molecule has 0 bridgehead atoms. The fourth-order valence-corrected chi connectivity index (χ4v) is 4.09. The summed E-state index contributed by atoms with van der Waals surface area (Å²) in [5.74, 6) is -0.798. The second kappa shape index (κ2) is 27.0. The maximum Gasteiger partial charge on any atom is 0.246 e. The van der Waals surface area contributed by atoms with Crippen LogP contribution < -0.4 is 16.0 Å². The number of hydrogen-bond acceptors (Lipinski definition) is 10. The van der Waals surface area contributed by atoms with E-state index in [2.05, 4.69) is 16.0 Å². The lowest BCUT2D eigenvalue weighted by Gasteiger charge is -2.20. The Kier molecular flexibility index (Phi) is 25.3. The highest BCUT2D eigenvalue weighted by Gasteiger charge is 2.13. The molecule has 0 heterocycles. The molecule has 7 N–H and O–H groups in total. The first kappa shape index (κ1) is 40.4. The molecule has 0 radical (unpaired) electrons. The van der Waals surface area contributed by atoms with Gasteiger partial charge in [-0.15, -0.1) is 0 Å². The number of aliphatic hydroxyl groups is 1. The molecule has 0 saturated heterocycles. The number of hydrogen-bond donors (Lipinski definition) is 7. The van der Waals surface area contributed by atoms with Gasteiger partial charge in [-0.3, -0.25) is 34.9 Å². The van der Waals surface area contributed by atoms with Crippen molar-refractivity contribution < 1.29 is 39.9 Å². The number of amides is 4. The molecule has 14 nitrogen and oxygen atoms in total. The molecule has 0 aromatic carbocycles. The fourth-order valence-electron chi connectivity index (χ4n) is 4.09. The minimum absolute atomic E-state index is 0.00000383. The number of carbonyl (C=O) groups is 4. The summed E-state index contributed by atoms with van der Waals surface area (Å²) >= 11 is 0. The summed E-state index contributed by atoms with van der Waals surface area (Å²) in [4.78, 5) is 45.4. The minimum Gasteiger partial charge on any atom is -0.379 e. The van der Waals surface area contributed by atoms with E-state index < -0.39 is 12.1 Å². The Labute approximate surface area is 256 Å². The molecule has 2 unspecified atom stereocenters. The topological polar surface area (TPSA) is 195 Å². The van der Waals surface area contributed by atoms with Crippen LogP contribution in [0.1, 0.15) is 97.3 Å². The Hall–Kier alpha value is -2.62. The molecule has 0 rings (SSSR count). The molecule has 2 atom stereocenters. The Bertz CT molecular complexity index is 788. The standard InChI is InChI=1S/C29H56N6O8/c1-3-26(37)30-18-9-5-11-23-35(43)29(40)17-16-27(38)31-19-8-4-10-20-33(41)21-13-7-15-28(39)32-25(2)14-6-12-22-34(42)24-36/h4,8,24-25,28,32,39,41-43H,3,5-7,9-23H2,1-2H3,(H,30,37)(H,31,38)/b8-4+. The molecule has 14 heteroatoms. The van der Waals surface area contributed by atoms with Gasteiger partial charge in [0.2, 0.25) is 24.1 Å². The number of nitrogens with zero attached hydrogens (tertiary/aromatic N) is 3. The van der Waals surface area contributed by atoms with Gasteiger partial charge in [0.05, 0.1) is 0 Å². The van der Waals surface area contributed by atoms with Gasteiger partial charge in [0, 0.05) is 64.6 Å². The van der Waals surface area contributed by atoms with E-state index in [1.165, 1.54) is 5.06 Å². The fraction of sp³-hybridized carbons (Fsp3) is 0.793.